The number of hydrogen-bond acceptors (Lipinski definition) is 5. The van der Waals surface area contributed by atoms with Gasteiger partial charge in [-0.3, -0.25) is 0 Å². The molecule has 0 N–H and O–H groups in total. The van der Waals surface area contributed by atoms with Gasteiger partial charge in [-0.25, -0.2) is 4.79 Å². The molecule has 2 rings (SSSR count). The summed E-state index contributed by atoms with van der Waals surface area (Å²) in [4.78, 5) is 12.1. The molecule has 0 aliphatic heterocycles. The van der Waals surface area contributed by atoms with Gasteiger partial charge in [-0.15, -0.1) is 0 Å². The van der Waals surface area contributed by atoms with Crippen LogP contribution in [0, 0.1) is 11.8 Å². The van der Waals surface area contributed by atoms with Crippen molar-refractivity contribution in [2.45, 2.75) is 58.2 Å². The molecule has 0 amide bonds. The Labute approximate surface area is 175 Å². The van der Waals surface area contributed by atoms with Gasteiger partial charge in [0.1, 0.15) is 14.5 Å². The molecule has 7 heteroatoms. The molecule has 4 nitrogen and oxygen atoms in total. The third kappa shape index (κ3) is 7.48. The summed E-state index contributed by atoms with van der Waals surface area (Å²) in [6.45, 7) is 8.00. The molecule has 0 radical (unpaired) electrons. The largest absolute Gasteiger partial charge is 0.458 e. The van der Waals surface area contributed by atoms with Crippen LogP contribution in [-0.4, -0.2) is 32.2 Å². The van der Waals surface area contributed by atoms with E-state index in [1.54, 1.807) is 6.08 Å². The van der Waals surface area contributed by atoms with Crippen molar-refractivity contribution in [3.8, 4) is 0 Å². The van der Waals surface area contributed by atoms with Crippen LogP contribution in [0.25, 0.3) is 0 Å². The fourth-order valence-corrected chi connectivity index (χ4v) is 6.56. The fourth-order valence-electron chi connectivity index (χ4n) is 3.71. The summed E-state index contributed by atoms with van der Waals surface area (Å²) >= 11 is 5.63. The lowest BCUT2D eigenvalue weighted by Gasteiger charge is -2.32. The molecule has 28 heavy (non-hydrogen) atoms. The van der Waals surface area contributed by atoms with Crippen LogP contribution < -0.4 is 0 Å². The van der Waals surface area contributed by atoms with Gasteiger partial charge >= 0.3 is 5.97 Å². The van der Waals surface area contributed by atoms with Crippen molar-refractivity contribution in [1.82, 2.24) is 0 Å². The molecule has 5 atom stereocenters. The second-order valence-electron chi connectivity index (χ2n) is 8.73. The van der Waals surface area contributed by atoms with E-state index in [0.717, 1.165) is 12.0 Å². The first kappa shape index (κ1) is 23.3. The summed E-state index contributed by atoms with van der Waals surface area (Å²) in [6, 6.07) is 9.68. The number of esters is 1. The topological polar surface area (TPSA) is 44.8 Å². The molecule has 1 fully saturated rings. The van der Waals surface area contributed by atoms with E-state index in [2.05, 4.69) is 14.8 Å². The molecule has 1 aromatic rings. The molecule has 0 spiro atoms. The highest BCUT2D eigenvalue weighted by Gasteiger charge is 2.40. The normalized spacial score (nSPS) is 27.6. The van der Waals surface area contributed by atoms with E-state index in [1.165, 1.54) is 0 Å². The smallest absolute Gasteiger partial charge is 0.330 e. The summed E-state index contributed by atoms with van der Waals surface area (Å²) in [7, 11) is 2.18. The monoisotopic (exact) mass is 422 g/mol. The molecule has 1 saturated carbocycles. The molecule has 1 aliphatic rings. The van der Waals surface area contributed by atoms with Crippen molar-refractivity contribution in [2.24, 2.45) is 11.8 Å². The molecule has 1 aromatic carbocycles. The van der Waals surface area contributed by atoms with Crippen molar-refractivity contribution < 1.29 is 18.6 Å². The lowest BCUT2D eigenvalue weighted by atomic mass is 9.83. The second kappa shape index (κ2) is 9.71. The maximum absolute atomic E-state index is 12.1. The van der Waals surface area contributed by atoms with Crippen LogP contribution in [0.1, 0.15) is 39.7 Å². The minimum Gasteiger partial charge on any atom is -0.458 e. The van der Waals surface area contributed by atoms with Crippen molar-refractivity contribution in [2.75, 3.05) is 6.66 Å². The number of ether oxygens (including phenoxy) is 1. The first-order valence-electron chi connectivity index (χ1n) is 9.82. The molecular formula is C21H32BO4PS. The Morgan fingerprint density at radius 1 is 1.32 bits per heavy atom. The zero-order chi connectivity index (χ0) is 20.9. The highest BCUT2D eigenvalue weighted by molar-refractivity contribution is 8.09. The van der Waals surface area contributed by atoms with Crippen LogP contribution in [0.3, 0.4) is 0 Å². The Morgan fingerprint density at radius 2 is 1.96 bits per heavy atom. The Morgan fingerprint density at radius 3 is 2.57 bits per heavy atom. The zero-order valence-corrected chi connectivity index (χ0v) is 19.5. The first-order valence-corrected chi connectivity index (χ1v) is 12.9. The first-order chi connectivity index (χ1) is 13.0. The molecule has 154 valence electrons. The SMILES string of the molecule is B[C@@H]1C[C@H](/C=C/C(=O)OCc2ccccc2)C(C)[C@@H]1OP(C)(=S)OC(C)(C)C. The fraction of sp³-hybridized carbons (Fsp3) is 0.571. The Kier molecular flexibility index (Phi) is 8.10. The number of rotatable bonds is 7. The van der Waals surface area contributed by atoms with Crippen LogP contribution in [0.4, 0.5) is 0 Å². The summed E-state index contributed by atoms with van der Waals surface area (Å²) < 4.78 is 17.6. The average Bonchev–Trinajstić information content (AvgIpc) is 2.84. The summed E-state index contributed by atoms with van der Waals surface area (Å²) in [5.74, 6) is 0.563. The molecule has 2 unspecified atom stereocenters. The maximum atomic E-state index is 12.1. The Bertz CT molecular complexity index is 732. The van der Waals surface area contributed by atoms with E-state index in [4.69, 9.17) is 25.6 Å². The second-order valence-corrected chi connectivity index (χ2v) is 12.7. The van der Waals surface area contributed by atoms with Gasteiger partial charge in [0.25, 0.3) is 0 Å². The molecule has 0 saturated heterocycles. The van der Waals surface area contributed by atoms with Crippen LogP contribution in [0.15, 0.2) is 42.5 Å². The maximum Gasteiger partial charge on any atom is 0.330 e. The van der Waals surface area contributed by atoms with Gasteiger partial charge in [0.05, 0.1) is 11.7 Å². The third-order valence-corrected chi connectivity index (χ3v) is 6.84. The summed E-state index contributed by atoms with van der Waals surface area (Å²) in [5, 5.41) is 0. The predicted molar refractivity (Wildman–Crippen MR) is 121 cm³/mol. The van der Waals surface area contributed by atoms with Gasteiger partial charge in [0, 0.05) is 12.7 Å². The number of carbonyl (C=O) groups is 1. The van der Waals surface area contributed by atoms with E-state index in [-0.39, 0.29) is 36.1 Å². The van der Waals surface area contributed by atoms with E-state index < -0.39 is 6.49 Å². The van der Waals surface area contributed by atoms with Crippen molar-refractivity contribution in [1.29, 1.82) is 0 Å². The lowest BCUT2D eigenvalue weighted by Crippen LogP contribution is -2.24. The summed E-state index contributed by atoms with van der Waals surface area (Å²) in [6.07, 6.45) is 4.50. The van der Waals surface area contributed by atoms with Crippen LogP contribution in [0.5, 0.6) is 0 Å². The van der Waals surface area contributed by atoms with E-state index in [1.807, 2.05) is 63.8 Å². The predicted octanol–water partition coefficient (Wildman–Crippen LogP) is 4.50. The minimum atomic E-state index is -2.33. The Hall–Kier alpha value is -0.935. The van der Waals surface area contributed by atoms with Gasteiger partial charge in [0.15, 0.2) is 6.49 Å². The standard InChI is InChI=1S/C21H32BO4PS/c1-15-17(11-12-19(23)24-14-16-9-7-6-8-10-16)13-18(22)20(15)25-27(5,28)26-21(2,3)4/h6-12,15,17-18,20H,13-14,22H2,1-5H3/b12-11+/t15?,17-,18+,20-,27?/m0/s1. The minimum absolute atomic E-state index is 0.0353. The number of benzene rings is 1. The highest BCUT2D eigenvalue weighted by Crippen LogP contribution is 2.54. The molecular weight excluding hydrogens is 390 g/mol. The van der Waals surface area contributed by atoms with Gasteiger partial charge in [-0.2, -0.15) is 0 Å². The molecule has 1 aliphatic carbocycles. The van der Waals surface area contributed by atoms with Gasteiger partial charge in [-0.05, 0) is 62.2 Å². The summed E-state index contributed by atoms with van der Waals surface area (Å²) in [5.41, 5.74) is 0.657. The quantitative estimate of drug-likeness (QED) is 0.280. The van der Waals surface area contributed by atoms with Crippen LogP contribution in [0.2, 0.25) is 5.82 Å². The van der Waals surface area contributed by atoms with Crippen LogP contribution in [-0.2, 0) is 37.0 Å². The van der Waals surface area contributed by atoms with E-state index in [9.17, 15) is 4.79 Å². The van der Waals surface area contributed by atoms with Gasteiger partial charge in [-0.1, -0.05) is 43.3 Å². The molecule has 0 bridgehead atoms. The Balaban J connectivity index is 1.90. The van der Waals surface area contributed by atoms with Crippen LogP contribution >= 0.6 is 6.49 Å². The van der Waals surface area contributed by atoms with Gasteiger partial charge < -0.3 is 13.8 Å². The molecule has 0 aromatic heterocycles. The third-order valence-electron chi connectivity index (χ3n) is 4.85. The van der Waals surface area contributed by atoms with E-state index in [0.29, 0.717) is 5.82 Å². The molecule has 0 heterocycles. The number of allylic oxidation sites excluding steroid dienone is 1. The lowest BCUT2D eigenvalue weighted by molar-refractivity contribution is -0.139. The van der Waals surface area contributed by atoms with Crippen molar-refractivity contribution in [3.05, 3.63) is 48.0 Å². The van der Waals surface area contributed by atoms with Gasteiger partial charge in [0.2, 0.25) is 0 Å². The van der Waals surface area contributed by atoms with Crippen molar-refractivity contribution >= 4 is 32.1 Å². The highest BCUT2D eigenvalue weighted by atomic mass is 32.5. The van der Waals surface area contributed by atoms with E-state index >= 15 is 0 Å². The number of hydrogen-bond donors (Lipinski definition) is 0. The number of carbonyl (C=O) groups excluding carboxylic acids is 1. The average molecular weight is 422 g/mol. The zero-order valence-electron chi connectivity index (χ0n) is 17.8. The van der Waals surface area contributed by atoms with Crippen molar-refractivity contribution in [3.63, 3.8) is 0 Å².